The molecule has 0 saturated heterocycles. The number of aromatic nitrogens is 2. The van der Waals surface area contributed by atoms with Gasteiger partial charge in [-0.3, -0.25) is 0 Å². The molecule has 2 aliphatic carbocycles. The fraction of sp³-hybridized carbons (Fsp3) is 0. The van der Waals surface area contributed by atoms with Crippen molar-refractivity contribution in [1.29, 1.82) is 0 Å². The van der Waals surface area contributed by atoms with E-state index in [2.05, 4.69) is 5.10 Å². The number of hydrogen-bond donors (Lipinski definition) is 0. The van der Waals surface area contributed by atoms with Crippen LogP contribution in [0.5, 0.6) is 0 Å². The van der Waals surface area contributed by atoms with E-state index >= 15 is 0 Å². The van der Waals surface area contributed by atoms with Crippen molar-refractivity contribution in [3.05, 3.63) is 103 Å². The van der Waals surface area contributed by atoms with E-state index in [4.69, 9.17) is 0 Å². The summed E-state index contributed by atoms with van der Waals surface area (Å²) in [7, 11) is 0. The maximum absolute atomic E-state index is 13.7. The molecule has 24 heavy (non-hydrogen) atoms. The summed E-state index contributed by atoms with van der Waals surface area (Å²) in [6, 6.07) is 5.08. The molecule has 2 aliphatic rings. The summed E-state index contributed by atoms with van der Waals surface area (Å²) in [6.07, 6.45) is 19.1. The molecule has 0 atom stereocenters. The molecule has 0 unspecified atom stereocenters. The Morgan fingerprint density at radius 3 is 2.29 bits per heavy atom. The molecular formula is C19H14F2FeN2. The summed E-state index contributed by atoms with van der Waals surface area (Å²) >= 11 is 0. The van der Waals surface area contributed by atoms with Crippen molar-refractivity contribution in [3.8, 4) is 5.69 Å². The molecule has 1 aromatic heterocycles. The molecule has 0 bridgehead atoms. The van der Waals surface area contributed by atoms with Gasteiger partial charge in [-0.25, -0.2) is 13.5 Å². The number of rotatable bonds is 2. The summed E-state index contributed by atoms with van der Waals surface area (Å²) in [5, 5.41) is 4.05. The second-order valence-electron chi connectivity index (χ2n) is 4.86. The molecule has 2 nitrogen and oxygen atoms in total. The fourth-order valence-corrected chi connectivity index (χ4v) is 2.23. The summed E-state index contributed by atoms with van der Waals surface area (Å²) in [6.45, 7) is 0. The molecule has 0 fully saturated rings. The van der Waals surface area contributed by atoms with Crippen LogP contribution < -0.4 is 0 Å². The zero-order chi connectivity index (χ0) is 16.1. The van der Waals surface area contributed by atoms with E-state index in [1.807, 2.05) is 55.4 Å². The predicted molar refractivity (Wildman–Crippen MR) is 87.5 cm³/mol. The van der Waals surface area contributed by atoms with E-state index < -0.39 is 11.6 Å². The van der Waals surface area contributed by atoms with Crippen LogP contribution in [-0.4, -0.2) is 9.78 Å². The first-order chi connectivity index (χ1) is 11.3. The zero-order valence-corrected chi connectivity index (χ0v) is 13.7. The van der Waals surface area contributed by atoms with Gasteiger partial charge >= 0.3 is 0 Å². The largest absolute Gasteiger partial charge is 0.230 e. The molecule has 0 saturated carbocycles. The third-order valence-corrected chi connectivity index (χ3v) is 3.29. The Labute approximate surface area is 150 Å². The van der Waals surface area contributed by atoms with Crippen LogP contribution in [0.3, 0.4) is 0 Å². The molecular weight excluding hydrogens is 350 g/mol. The molecule has 1 aromatic carbocycles. The first-order valence-electron chi connectivity index (χ1n) is 7.14. The molecule has 0 amide bonds. The van der Waals surface area contributed by atoms with Crippen LogP contribution in [0.1, 0.15) is 5.69 Å². The second-order valence-corrected chi connectivity index (χ2v) is 4.86. The quantitative estimate of drug-likeness (QED) is 0.711. The van der Waals surface area contributed by atoms with Gasteiger partial charge in [0.25, 0.3) is 0 Å². The molecule has 2 aromatic rings. The predicted octanol–water partition coefficient (Wildman–Crippen LogP) is 4.62. The number of halogens is 2. The van der Waals surface area contributed by atoms with Crippen LogP contribution in [0.2, 0.25) is 0 Å². The van der Waals surface area contributed by atoms with Gasteiger partial charge in [0.1, 0.15) is 17.3 Å². The Morgan fingerprint density at radius 2 is 1.67 bits per heavy atom. The van der Waals surface area contributed by atoms with Crippen molar-refractivity contribution in [2.24, 2.45) is 0 Å². The van der Waals surface area contributed by atoms with E-state index in [-0.39, 0.29) is 22.8 Å². The Kier molecular flexibility index (Phi) is 6.47. The standard InChI is InChI=1S/C14H9F2N2.C5H5.Fe/c15-11-5-6-12(16)14(9-11)18-13(7-8-17-18)10-3-1-2-4-10;1-2-4-5-3-1;/h1-9H;1-5H;. The molecule has 1 heterocycles. The molecule has 0 N–H and O–H groups in total. The van der Waals surface area contributed by atoms with Crippen molar-refractivity contribution < 1.29 is 25.8 Å². The Hall–Kier alpha value is -2.23. The Bertz CT molecular complexity index is 807. The molecule has 5 heteroatoms. The van der Waals surface area contributed by atoms with Crippen molar-refractivity contribution in [2.75, 3.05) is 0 Å². The average molecular weight is 364 g/mol. The summed E-state index contributed by atoms with van der Waals surface area (Å²) in [5.74, 6) is -0.997. The average Bonchev–Trinajstić information content (AvgIpc) is 3.32. The molecule has 0 spiro atoms. The van der Waals surface area contributed by atoms with Crippen LogP contribution in [0.25, 0.3) is 11.3 Å². The van der Waals surface area contributed by atoms with Gasteiger partial charge in [-0.05, 0) is 23.8 Å². The summed E-state index contributed by atoms with van der Waals surface area (Å²) < 4.78 is 28.3. The first kappa shape index (κ1) is 18.1. The Balaban J connectivity index is 0.000000300. The third kappa shape index (κ3) is 4.19. The normalized spacial score (nSPS) is 14.2. The number of allylic oxidation sites excluding steroid dienone is 8. The molecule has 122 valence electrons. The van der Waals surface area contributed by atoms with E-state index in [9.17, 15) is 8.78 Å². The van der Waals surface area contributed by atoms with E-state index in [1.54, 1.807) is 12.3 Å². The smallest absolute Gasteiger partial charge is 0.149 e. The van der Waals surface area contributed by atoms with Gasteiger partial charge in [0.2, 0.25) is 0 Å². The van der Waals surface area contributed by atoms with Gasteiger partial charge in [0.05, 0.1) is 11.9 Å². The minimum atomic E-state index is -0.507. The van der Waals surface area contributed by atoms with Crippen molar-refractivity contribution in [3.63, 3.8) is 0 Å². The van der Waals surface area contributed by atoms with Crippen molar-refractivity contribution >= 4 is 5.57 Å². The first-order valence-corrected chi connectivity index (χ1v) is 7.14. The van der Waals surface area contributed by atoms with Gasteiger partial charge in [0.15, 0.2) is 0 Å². The van der Waals surface area contributed by atoms with Gasteiger partial charge in [0, 0.05) is 36.0 Å². The van der Waals surface area contributed by atoms with Crippen LogP contribution >= 0.6 is 0 Å². The van der Waals surface area contributed by atoms with Gasteiger partial charge in [-0.2, -0.15) is 5.10 Å². The minimum Gasteiger partial charge on any atom is -0.230 e. The maximum Gasteiger partial charge on any atom is 0.149 e. The van der Waals surface area contributed by atoms with Crippen LogP contribution in [0.15, 0.2) is 73.0 Å². The Morgan fingerprint density at radius 1 is 0.875 bits per heavy atom. The van der Waals surface area contributed by atoms with Crippen LogP contribution in [0, 0.1) is 24.5 Å². The zero-order valence-electron chi connectivity index (χ0n) is 12.6. The van der Waals surface area contributed by atoms with Crippen LogP contribution in [-0.2, 0) is 17.1 Å². The molecule has 2 radical (unpaired) electrons. The fourth-order valence-electron chi connectivity index (χ4n) is 2.23. The third-order valence-electron chi connectivity index (χ3n) is 3.29. The SMILES string of the molecule is Fc1ccc(F)c(-n2nccc2C2=C[CH]C=C2)c1.[CH]1C=CC=C1.[Fe]. The minimum absolute atomic E-state index is 0. The monoisotopic (exact) mass is 364 g/mol. The number of hydrogen-bond acceptors (Lipinski definition) is 1. The van der Waals surface area contributed by atoms with E-state index in [1.165, 1.54) is 4.68 Å². The molecule has 4 rings (SSSR count). The number of benzene rings is 1. The maximum atomic E-state index is 13.7. The van der Waals surface area contributed by atoms with Gasteiger partial charge in [-0.15, -0.1) is 0 Å². The topological polar surface area (TPSA) is 17.8 Å². The van der Waals surface area contributed by atoms with Gasteiger partial charge in [-0.1, -0.05) is 42.5 Å². The molecule has 0 aliphatic heterocycles. The summed E-state index contributed by atoms with van der Waals surface area (Å²) in [4.78, 5) is 0. The van der Waals surface area contributed by atoms with Crippen molar-refractivity contribution in [1.82, 2.24) is 9.78 Å². The van der Waals surface area contributed by atoms with E-state index in [0.29, 0.717) is 0 Å². The van der Waals surface area contributed by atoms with Gasteiger partial charge < -0.3 is 0 Å². The second kappa shape index (κ2) is 8.57. The van der Waals surface area contributed by atoms with Crippen LogP contribution in [0.4, 0.5) is 8.78 Å². The number of nitrogens with zero attached hydrogens (tertiary/aromatic N) is 2. The summed E-state index contributed by atoms with van der Waals surface area (Å²) in [5.41, 5.74) is 1.75. The van der Waals surface area contributed by atoms with E-state index in [0.717, 1.165) is 29.5 Å². The van der Waals surface area contributed by atoms with Crippen molar-refractivity contribution in [2.45, 2.75) is 0 Å².